The van der Waals surface area contributed by atoms with Crippen molar-refractivity contribution in [3.63, 3.8) is 0 Å². The van der Waals surface area contributed by atoms with Crippen molar-refractivity contribution in [2.75, 3.05) is 7.11 Å². The van der Waals surface area contributed by atoms with Crippen molar-refractivity contribution < 1.29 is 4.74 Å². The maximum Gasteiger partial charge on any atom is 0.111 e. The van der Waals surface area contributed by atoms with Gasteiger partial charge in [-0.05, 0) is 49.2 Å². The van der Waals surface area contributed by atoms with E-state index in [4.69, 9.17) is 4.74 Å². The van der Waals surface area contributed by atoms with E-state index in [0.717, 1.165) is 11.5 Å². The van der Waals surface area contributed by atoms with Crippen LogP contribution in [0.3, 0.4) is 0 Å². The van der Waals surface area contributed by atoms with Crippen molar-refractivity contribution in [1.82, 2.24) is 0 Å². The second kappa shape index (κ2) is 8.96. The number of hydrogen-bond acceptors (Lipinski definition) is 1. The van der Waals surface area contributed by atoms with Crippen molar-refractivity contribution in [2.24, 2.45) is 17.3 Å². The molecule has 23 heavy (non-hydrogen) atoms. The molecule has 0 saturated heterocycles. The molecule has 0 bridgehead atoms. The van der Waals surface area contributed by atoms with Gasteiger partial charge in [0, 0.05) is 0 Å². The summed E-state index contributed by atoms with van der Waals surface area (Å²) < 4.78 is 5.05. The molecule has 128 valence electrons. The van der Waals surface area contributed by atoms with E-state index in [-0.39, 0.29) is 0 Å². The van der Waals surface area contributed by atoms with Crippen LogP contribution in [0.5, 0.6) is 0 Å². The summed E-state index contributed by atoms with van der Waals surface area (Å²) in [6.07, 6.45) is 17.0. The summed E-state index contributed by atoms with van der Waals surface area (Å²) in [5.41, 5.74) is 2.84. The average molecular weight is 315 g/mol. The lowest BCUT2D eigenvalue weighted by Gasteiger charge is -2.41. The van der Waals surface area contributed by atoms with Gasteiger partial charge in [-0.3, -0.25) is 0 Å². The molecule has 1 fully saturated rings. The third kappa shape index (κ3) is 6.64. The van der Waals surface area contributed by atoms with E-state index in [9.17, 15) is 0 Å². The van der Waals surface area contributed by atoms with Gasteiger partial charge in [-0.2, -0.15) is 0 Å². The van der Waals surface area contributed by atoms with Gasteiger partial charge in [-0.1, -0.05) is 76.1 Å². The molecule has 2 atom stereocenters. The Bertz CT molecular complexity index is 514. The Morgan fingerprint density at radius 2 is 1.87 bits per heavy atom. The molecule has 1 rings (SSSR count). The standard InChI is InChI=1S/C22H34O/c1-17(10-8-11-18(2)16-20(4)23-7)13-14-21-19(3)12-9-15-22(21,5)6/h8,10-11,13-14,16,19,21H,4,9,12,15H2,1-3,5-7H3/b11-8+,14-13+,17-10+,18-16+. The maximum atomic E-state index is 5.05. The van der Waals surface area contributed by atoms with Gasteiger partial charge >= 0.3 is 0 Å². The van der Waals surface area contributed by atoms with Crippen LogP contribution in [0.4, 0.5) is 0 Å². The molecule has 1 aliphatic carbocycles. The average Bonchev–Trinajstić information content (AvgIpc) is 2.45. The third-order valence-electron chi connectivity index (χ3n) is 4.93. The Labute approximate surface area is 143 Å². The fraction of sp³-hybridized carbons (Fsp3) is 0.545. The molecule has 0 aromatic rings. The molecule has 0 aliphatic heterocycles. The first-order valence-corrected chi connectivity index (χ1v) is 8.70. The Morgan fingerprint density at radius 3 is 2.48 bits per heavy atom. The molecule has 1 heteroatoms. The van der Waals surface area contributed by atoms with Crippen molar-refractivity contribution in [3.8, 4) is 0 Å². The maximum absolute atomic E-state index is 5.05. The number of hydrogen-bond donors (Lipinski definition) is 0. The Kier molecular flexibility index (Phi) is 7.61. The predicted molar refractivity (Wildman–Crippen MR) is 102 cm³/mol. The van der Waals surface area contributed by atoms with Gasteiger partial charge in [0.15, 0.2) is 0 Å². The van der Waals surface area contributed by atoms with Crippen LogP contribution in [0.2, 0.25) is 0 Å². The normalized spacial score (nSPS) is 26.0. The zero-order valence-electron chi connectivity index (χ0n) is 15.9. The minimum atomic E-state index is 0.421. The molecular weight excluding hydrogens is 280 g/mol. The minimum absolute atomic E-state index is 0.421. The summed E-state index contributed by atoms with van der Waals surface area (Å²) in [6, 6.07) is 0. The molecule has 0 radical (unpaired) electrons. The summed E-state index contributed by atoms with van der Waals surface area (Å²) in [5, 5.41) is 0. The highest BCUT2D eigenvalue weighted by molar-refractivity contribution is 5.29. The van der Waals surface area contributed by atoms with E-state index in [2.05, 4.69) is 64.7 Å². The summed E-state index contributed by atoms with van der Waals surface area (Å²) in [7, 11) is 1.64. The molecule has 1 saturated carbocycles. The van der Waals surface area contributed by atoms with Gasteiger partial charge in [0.2, 0.25) is 0 Å². The van der Waals surface area contributed by atoms with Gasteiger partial charge in [0.25, 0.3) is 0 Å². The topological polar surface area (TPSA) is 9.23 Å². The lowest BCUT2D eigenvalue weighted by Crippen LogP contribution is -2.32. The van der Waals surface area contributed by atoms with Crippen LogP contribution in [-0.4, -0.2) is 7.11 Å². The van der Waals surface area contributed by atoms with Gasteiger partial charge < -0.3 is 4.74 Å². The lowest BCUT2D eigenvalue weighted by atomic mass is 9.64. The van der Waals surface area contributed by atoms with Crippen LogP contribution in [-0.2, 0) is 4.74 Å². The highest BCUT2D eigenvalue weighted by Gasteiger charge is 2.34. The lowest BCUT2D eigenvalue weighted by molar-refractivity contribution is 0.123. The van der Waals surface area contributed by atoms with Crippen LogP contribution < -0.4 is 0 Å². The van der Waals surface area contributed by atoms with Gasteiger partial charge in [-0.25, -0.2) is 0 Å². The molecule has 2 unspecified atom stereocenters. The number of methoxy groups -OCH3 is 1. The summed E-state index contributed by atoms with van der Waals surface area (Å²) in [6.45, 7) is 15.2. The zero-order valence-corrected chi connectivity index (χ0v) is 15.9. The molecule has 1 nitrogen and oxygen atoms in total. The fourth-order valence-electron chi connectivity index (χ4n) is 3.47. The van der Waals surface area contributed by atoms with Crippen LogP contribution >= 0.6 is 0 Å². The quantitative estimate of drug-likeness (QED) is 0.396. The van der Waals surface area contributed by atoms with Crippen LogP contribution in [0.15, 0.2) is 59.9 Å². The van der Waals surface area contributed by atoms with Crippen molar-refractivity contribution in [2.45, 2.75) is 53.9 Å². The van der Waals surface area contributed by atoms with E-state index in [1.54, 1.807) is 7.11 Å². The van der Waals surface area contributed by atoms with Crippen molar-refractivity contribution >= 4 is 0 Å². The monoisotopic (exact) mass is 314 g/mol. The minimum Gasteiger partial charge on any atom is -0.497 e. The molecule has 0 amide bonds. The zero-order chi connectivity index (χ0) is 17.5. The highest BCUT2D eigenvalue weighted by Crippen LogP contribution is 2.44. The summed E-state index contributed by atoms with van der Waals surface area (Å²) in [5.74, 6) is 2.14. The molecule has 0 aromatic heterocycles. The van der Waals surface area contributed by atoms with Gasteiger partial charge in [0.1, 0.15) is 5.76 Å². The van der Waals surface area contributed by atoms with Gasteiger partial charge in [0.05, 0.1) is 7.11 Å². The number of rotatable bonds is 6. The largest absolute Gasteiger partial charge is 0.497 e. The van der Waals surface area contributed by atoms with E-state index >= 15 is 0 Å². The Balaban J connectivity index is 2.68. The molecular formula is C22H34O. The smallest absolute Gasteiger partial charge is 0.111 e. The second-order valence-electron chi connectivity index (χ2n) is 7.57. The van der Waals surface area contributed by atoms with Crippen LogP contribution in [0.1, 0.15) is 53.9 Å². The van der Waals surface area contributed by atoms with Crippen LogP contribution in [0.25, 0.3) is 0 Å². The first-order chi connectivity index (χ1) is 10.8. The highest BCUT2D eigenvalue weighted by atomic mass is 16.5. The molecule has 0 N–H and O–H groups in total. The number of ether oxygens (including phenoxy) is 1. The van der Waals surface area contributed by atoms with Gasteiger partial charge in [-0.15, -0.1) is 0 Å². The fourth-order valence-corrected chi connectivity index (χ4v) is 3.47. The first kappa shape index (κ1) is 19.5. The van der Waals surface area contributed by atoms with Crippen molar-refractivity contribution in [3.05, 3.63) is 59.9 Å². The second-order valence-corrected chi connectivity index (χ2v) is 7.57. The SMILES string of the molecule is C=C(/C=C(C)/C=C/C=C(C)/C=C/C1C(C)CCCC1(C)C)OC. The van der Waals surface area contributed by atoms with E-state index in [1.165, 1.54) is 24.8 Å². The first-order valence-electron chi connectivity index (χ1n) is 8.70. The Morgan fingerprint density at radius 1 is 1.17 bits per heavy atom. The Hall–Kier alpha value is -1.50. The van der Waals surface area contributed by atoms with Crippen LogP contribution in [0, 0.1) is 17.3 Å². The van der Waals surface area contributed by atoms with E-state index < -0.39 is 0 Å². The molecule has 0 spiro atoms. The molecule has 1 aliphatic rings. The van der Waals surface area contributed by atoms with E-state index in [0.29, 0.717) is 17.1 Å². The van der Waals surface area contributed by atoms with Crippen molar-refractivity contribution in [1.29, 1.82) is 0 Å². The number of allylic oxidation sites excluding steroid dienone is 8. The molecule has 0 heterocycles. The summed E-state index contributed by atoms with van der Waals surface area (Å²) >= 11 is 0. The predicted octanol–water partition coefficient (Wildman–Crippen LogP) is 6.61. The third-order valence-corrected chi connectivity index (χ3v) is 4.93. The summed E-state index contributed by atoms with van der Waals surface area (Å²) in [4.78, 5) is 0. The van der Waals surface area contributed by atoms with E-state index in [1.807, 2.05) is 13.0 Å². The molecule has 0 aromatic carbocycles.